The monoisotopic (exact) mass is 243 g/mol. The zero-order valence-corrected chi connectivity index (χ0v) is 10.0. The van der Waals surface area contributed by atoms with Gasteiger partial charge in [-0.15, -0.1) is 0 Å². The summed E-state index contributed by atoms with van der Waals surface area (Å²) in [6.07, 6.45) is 0. The van der Waals surface area contributed by atoms with Crippen LogP contribution in [-0.2, 0) is 0 Å². The van der Waals surface area contributed by atoms with Gasteiger partial charge in [-0.2, -0.15) is 10.5 Å². The number of nitriles is 2. The molecule has 0 saturated heterocycles. The van der Waals surface area contributed by atoms with E-state index in [1.54, 1.807) is 0 Å². The second-order valence-electron chi connectivity index (χ2n) is 4.25. The topological polar surface area (TPSA) is 60.5 Å². The fourth-order valence-electron chi connectivity index (χ4n) is 2.34. The number of hydrogen-bond acceptors (Lipinski definition) is 3. The molecule has 0 amide bonds. The van der Waals surface area contributed by atoms with Crippen molar-refractivity contribution in [1.82, 2.24) is 4.98 Å². The molecule has 0 aliphatic rings. The van der Waals surface area contributed by atoms with Crippen molar-refractivity contribution in [1.29, 1.82) is 10.5 Å². The van der Waals surface area contributed by atoms with Crippen LogP contribution in [0.2, 0.25) is 0 Å². The first-order valence-electron chi connectivity index (χ1n) is 5.92. The van der Waals surface area contributed by atoms with Crippen molar-refractivity contribution in [2.45, 2.75) is 5.92 Å². The number of para-hydroxylation sites is 2. The fourth-order valence-corrected chi connectivity index (χ4v) is 2.34. The highest BCUT2D eigenvalue weighted by molar-refractivity contribution is 5.98. The number of fused-ring (bicyclic) bond motifs is 2. The smallest absolute Gasteiger partial charge is 0.159 e. The molecule has 3 aromatic rings. The lowest BCUT2D eigenvalue weighted by Crippen LogP contribution is -1.97. The molecule has 0 N–H and O–H groups in total. The predicted molar refractivity (Wildman–Crippen MR) is 73.2 cm³/mol. The van der Waals surface area contributed by atoms with Crippen molar-refractivity contribution < 1.29 is 0 Å². The minimum atomic E-state index is -0.780. The van der Waals surface area contributed by atoms with Gasteiger partial charge in [0.1, 0.15) is 0 Å². The van der Waals surface area contributed by atoms with E-state index in [0.29, 0.717) is 0 Å². The standard InChI is InChI=1S/C16H9N3/c17-9-11(10-18)16-12-5-1-3-7-14(12)19-15-8-4-2-6-13(15)16/h1-8,11H. The van der Waals surface area contributed by atoms with E-state index in [9.17, 15) is 10.5 Å². The number of benzene rings is 2. The van der Waals surface area contributed by atoms with Gasteiger partial charge in [-0.05, 0) is 12.1 Å². The van der Waals surface area contributed by atoms with Gasteiger partial charge in [0, 0.05) is 16.3 Å². The van der Waals surface area contributed by atoms with E-state index in [2.05, 4.69) is 17.1 Å². The molecule has 3 heteroatoms. The van der Waals surface area contributed by atoms with Gasteiger partial charge >= 0.3 is 0 Å². The van der Waals surface area contributed by atoms with E-state index in [4.69, 9.17) is 0 Å². The summed E-state index contributed by atoms with van der Waals surface area (Å²) in [6.45, 7) is 0. The van der Waals surface area contributed by atoms with E-state index >= 15 is 0 Å². The normalized spacial score (nSPS) is 10.5. The van der Waals surface area contributed by atoms with Crippen molar-refractivity contribution in [3.05, 3.63) is 54.1 Å². The highest BCUT2D eigenvalue weighted by atomic mass is 14.7. The van der Waals surface area contributed by atoms with Crippen LogP contribution in [-0.4, -0.2) is 4.98 Å². The summed E-state index contributed by atoms with van der Waals surface area (Å²) in [6, 6.07) is 19.3. The minimum Gasteiger partial charge on any atom is -0.248 e. The van der Waals surface area contributed by atoms with Gasteiger partial charge in [-0.25, -0.2) is 4.98 Å². The highest BCUT2D eigenvalue weighted by Crippen LogP contribution is 2.31. The van der Waals surface area contributed by atoms with Crippen molar-refractivity contribution in [3.8, 4) is 12.1 Å². The molecule has 0 radical (unpaired) electrons. The van der Waals surface area contributed by atoms with Gasteiger partial charge in [0.15, 0.2) is 5.92 Å². The molecular weight excluding hydrogens is 234 g/mol. The Morgan fingerprint density at radius 3 is 1.74 bits per heavy atom. The Morgan fingerprint density at radius 2 is 1.26 bits per heavy atom. The summed E-state index contributed by atoms with van der Waals surface area (Å²) in [5, 5.41) is 20.2. The molecule has 1 heterocycles. The predicted octanol–water partition coefficient (Wildman–Crippen LogP) is 3.52. The van der Waals surface area contributed by atoms with Crippen LogP contribution < -0.4 is 0 Å². The van der Waals surface area contributed by atoms with Gasteiger partial charge < -0.3 is 0 Å². The fraction of sp³-hybridized carbons (Fsp3) is 0.0625. The summed E-state index contributed by atoms with van der Waals surface area (Å²) in [7, 11) is 0. The molecule has 0 atom stereocenters. The Morgan fingerprint density at radius 1 is 0.789 bits per heavy atom. The van der Waals surface area contributed by atoms with Crippen LogP contribution in [0, 0.1) is 22.7 Å². The zero-order chi connectivity index (χ0) is 13.2. The van der Waals surface area contributed by atoms with Gasteiger partial charge in [0.05, 0.1) is 23.2 Å². The number of nitrogens with zero attached hydrogens (tertiary/aromatic N) is 3. The SMILES string of the molecule is N#CC(C#N)c1c2ccccc2nc2ccccc12. The van der Waals surface area contributed by atoms with Crippen LogP contribution in [0.4, 0.5) is 0 Å². The quantitative estimate of drug-likeness (QED) is 0.614. The maximum Gasteiger partial charge on any atom is 0.159 e. The van der Waals surface area contributed by atoms with E-state index in [0.717, 1.165) is 27.4 Å². The summed E-state index contributed by atoms with van der Waals surface area (Å²) < 4.78 is 0. The van der Waals surface area contributed by atoms with Crippen LogP contribution in [0.1, 0.15) is 11.5 Å². The zero-order valence-electron chi connectivity index (χ0n) is 10.0. The summed E-state index contributed by atoms with van der Waals surface area (Å²) in [4.78, 5) is 4.57. The average molecular weight is 243 g/mol. The van der Waals surface area contributed by atoms with Gasteiger partial charge in [0.2, 0.25) is 0 Å². The molecule has 2 aromatic carbocycles. The molecule has 3 nitrogen and oxygen atoms in total. The number of rotatable bonds is 1. The molecule has 3 rings (SSSR count). The highest BCUT2D eigenvalue weighted by Gasteiger charge is 2.17. The Bertz CT molecular complexity index is 785. The Hall–Kier alpha value is -2.91. The molecule has 0 unspecified atom stereocenters. The second kappa shape index (κ2) is 4.40. The lowest BCUT2D eigenvalue weighted by molar-refractivity contribution is 1.13. The second-order valence-corrected chi connectivity index (χ2v) is 4.25. The molecule has 19 heavy (non-hydrogen) atoms. The first-order chi connectivity index (χ1) is 9.35. The molecule has 1 aromatic heterocycles. The van der Waals surface area contributed by atoms with Crippen LogP contribution >= 0.6 is 0 Å². The Labute approximate surface area is 110 Å². The van der Waals surface area contributed by atoms with E-state index in [1.807, 2.05) is 48.5 Å². The van der Waals surface area contributed by atoms with Gasteiger partial charge in [-0.3, -0.25) is 0 Å². The maximum absolute atomic E-state index is 9.21. The van der Waals surface area contributed by atoms with Crippen molar-refractivity contribution in [2.75, 3.05) is 0 Å². The molecule has 0 saturated carbocycles. The summed E-state index contributed by atoms with van der Waals surface area (Å²) in [5.41, 5.74) is 2.38. The largest absolute Gasteiger partial charge is 0.248 e. The van der Waals surface area contributed by atoms with Crippen molar-refractivity contribution in [3.63, 3.8) is 0 Å². The van der Waals surface area contributed by atoms with Crippen LogP contribution in [0.15, 0.2) is 48.5 Å². The summed E-state index contributed by atoms with van der Waals surface area (Å²) in [5.74, 6) is -0.780. The molecule has 0 aliphatic heterocycles. The first-order valence-corrected chi connectivity index (χ1v) is 5.92. The van der Waals surface area contributed by atoms with Crippen LogP contribution in [0.3, 0.4) is 0 Å². The lowest BCUT2D eigenvalue weighted by Gasteiger charge is -2.10. The molecule has 0 bridgehead atoms. The average Bonchev–Trinajstić information content (AvgIpc) is 2.47. The molecule has 88 valence electrons. The summed E-state index contributed by atoms with van der Waals surface area (Å²) >= 11 is 0. The maximum atomic E-state index is 9.21. The first kappa shape index (κ1) is 11.2. The molecule has 0 spiro atoms. The Kier molecular flexibility index (Phi) is 2.59. The van der Waals surface area contributed by atoms with Gasteiger partial charge in [-0.1, -0.05) is 36.4 Å². The molecule has 0 fully saturated rings. The van der Waals surface area contributed by atoms with E-state index in [-0.39, 0.29) is 0 Å². The van der Waals surface area contributed by atoms with Crippen LogP contribution in [0.5, 0.6) is 0 Å². The van der Waals surface area contributed by atoms with Gasteiger partial charge in [0.25, 0.3) is 0 Å². The van der Waals surface area contributed by atoms with Crippen molar-refractivity contribution >= 4 is 21.8 Å². The number of pyridine rings is 1. The third-order valence-electron chi connectivity index (χ3n) is 3.18. The van der Waals surface area contributed by atoms with E-state index in [1.165, 1.54) is 0 Å². The Balaban J connectivity index is 2.55. The number of hydrogen-bond donors (Lipinski definition) is 0. The van der Waals surface area contributed by atoms with Crippen molar-refractivity contribution in [2.24, 2.45) is 0 Å². The van der Waals surface area contributed by atoms with Crippen LogP contribution in [0.25, 0.3) is 21.8 Å². The minimum absolute atomic E-state index is 0.756. The third kappa shape index (κ3) is 1.69. The third-order valence-corrected chi connectivity index (χ3v) is 3.18. The lowest BCUT2D eigenvalue weighted by atomic mass is 9.93. The molecule has 0 aliphatic carbocycles. The van der Waals surface area contributed by atoms with E-state index < -0.39 is 5.92 Å². The number of aromatic nitrogens is 1. The molecular formula is C16H9N3.